The summed E-state index contributed by atoms with van der Waals surface area (Å²) in [5, 5.41) is 2.59. The van der Waals surface area contributed by atoms with E-state index >= 15 is 0 Å². The fraction of sp³-hybridized carbons (Fsp3) is 0.625. The van der Waals surface area contributed by atoms with E-state index in [-0.39, 0.29) is 0 Å². The molecule has 0 aliphatic heterocycles. The Labute approximate surface area is 410 Å². The summed E-state index contributed by atoms with van der Waals surface area (Å²) in [5.74, 6) is 0. The fourth-order valence-corrected chi connectivity index (χ4v) is 11.1. The molecule has 0 saturated carbocycles. The molecule has 0 heterocycles. The lowest BCUT2D eigenvalue weighted by Gasteiger charge is -2.48. The van der Waals surface area contributed by atoms with Gasteiger partial charge in [-0.25, -0.2) is 0 Å². The zero-order chi connectivity index (χ0) is 47.2. The van der Waals surface area contributed by atoms with Crippen molar-refractivity contribution in [2.45, 2.75) is 247 Å². The number of aryl methyl sites for hydroxylation is 4. The van der Waals surface area contributed by atoms with Crippen molar-refractivity contribution in [3.63, 3.8) is 0 Å². The van der Waals surface area contributed by atoms with Crippen LogP contribution in [-0.4, -0.2) is 19.2 Å². The molecule has 66 heavy (non-hydrogen) atoms. The van der Waals surface area contributed by atoms with E-state index in [2.05, 4.69) is 144 Å². The maximum absolute atomic E-state index is 2.59. The van der Waals surface area contributed by atoms with Crippen LogP contribution in [-0.2, 0) is 0 Å². The molecule has 0 radical (unpaired) electrons. The molecule has 2 N–H and O–H groups in total. The molecule has 0 aliphatic carbocycles. The molecule has 2 heteroatoms. The van der Waals surface area contributed by atoms with Gasteiger partial charge < -0.3 is 5.32 Å². The molecule has 0 aliphatic rings. The quantitative estimate of drug-likeness (QED) is 0.0341. The third kappa shape index (κ3) is 22.3. The van der Waals surface area contributed by atoms with Crippen molar-refractivity contribution in [3.8, 4) is 0 Å². The van der Waals surface area contributed by atoms with Crippen LogP contribution in [0.1, 0.15) is 242 Å². The molecule has 0 fully saturated rings. The van der Waals surface area contributed by atoms with E-state index in [1.165, 1.54) is 263 Å². The number of unbranched alkanes of at least 4 members (excludes halogenated alkanes) is 30. The predicted molar refractivity (Wildman–Crippen MR) is 300 cm³/mol. The second kappa shape index (κ2) is 37.8. The molecular formula is C64H104BN. The molecule has 0 spiro atoms. The summed E-state index contributed by atoms with van der Waals surface area (Å²) in [5.41, 5.74) is 11.0. The monoisotopic (exact) mass is 898 g/mol. The summed E-state index contributed by atoms with van der Waals surface area (Å²) >= 11 is 0. The third-order valence-corrected chi connectivity index (χ3v) is 15.1. The summed E-state index contributed by atoms with van der Waals surface area (Å²) in [6.07, 6.45) is 45.7. The van der Waals surface area contributed by atoms with Gasteiger partial charge in [0.2, 0.25) is 0 Å². The minimum atomic E-state index is -1.32. The molecule has 0 atom stereocenters. The van der Waals surface area contributed by atoms with Gasteiger partial charge in [0.25, 0.3) is 0 Å². The maximum atomic E-state index is 2.59. The third-order valence-electron chi connectivity index (χ3n) is 15.1. The molecule has 0 amide bonds. The maximum Gasteiger partial charge on any atom is 0.109 e. The van der Waals surface area contributed by atoms with Gasteiger partial charge in [0.15, 0.2) is 0 Å². The minimum Gasteiger partial charge on any atom is -0.346 e. The summed E-state index contributed by atoms with van der Waals surface area (Å²) in [7, 11) is 0. The molecule has 0 aromatic heterocycles. The van der Waals surface area contributed by atoms with Crippen LogP contribution in [0.3, 0.4) is 0 Å². The first-order chi connectivity index (χ1) is 32.5. The Hall–Kier alpha value is -3.10. The van der Waals surface area contributed by atoms with Gasteiger partial charge in [0.1, 0.15) is 6.15 Å². The smallest absolute Gasteiger partial charge is 0.109 e. The lowest BCUT2D eigenvalue weighted by molar-refractivity contribution is -0.655. The van der Waals surface area contributed by atoms with Crippen LogP contribution >= 0.6 is 0 Å². The van der Waals surface area contributed by atoms with Gasteiger partial charge in [-0.1, -0.05) is 313 Å². The van der Waals surface area contributed by atoms with E-state index in [9.17, 15) is 0 Å². The Morgan fingerprint density at radius 3 is 0.636 bits per heavy atom. The summed E-state index contributed by atoms with van der Waals surface area (Å²) in [6, 6.07) is 35.7. The zero-order valence-corrected chi connectivity index (χ0v) is 44.4. The van der Waals surface area contributed by atoms with Gasteiger partial charge in [-0.3, -0.25) is 0 Å². The first-order valence-electron chi connectivity index (χ1n) is 28.7. The Morgan fingerprint density at radius 2 is 0.439 bits per heavy atom. The predicted octanol–water partition coefficient (Wildman–Crippen LogP) is 16.4. The van der Waals surface area contributed by atoms with Crippen molar-refractivity contribution in [3.05, 3.63) is 119 Å². The van der Waals surface area contributed by atoms with Gasteiger partial charge in [-0.2, -0.15) is 21.9 Å². The number of nitrogens with two attached hydrogens (primary N) is 1. The number of quaternary nitrogens is 1. The highest BCUT2D eigenvalue weighted by Gasteiger charge is 2.35. The topological polar surface area (TPSA) is 16.6 Å². The van der Waals surface area contributed by atoms with E-state index in [0.717, 1.165) is 0 Å². The zero-order valence-electron chi connectivity index (χ0n) is 44.4. The van der Waals surface area contributed by atoms with Crippen molar-refractivity contribution in [1.29, 1.82) is 0 Å². The first kappa shape index (κ1) is 57.2. The van der Waals surface area contributed by atoms with Gasteiger partial charge in [0.05, 0.1) is 13.1 Å². The standard InChI is InChI=1S/C36H75N.C28H28B/c1-3-5-7-9-11-13-15-17-19-21-23-25-27-29-31-33-35-37-36-34-32-30-28-26-24-22-20-18-16-14-12-10-8-6-4-2;1-21-13-5-9-17-25(21)29(26-18-10-6-14-22(26)2,27-19-11-7-15-23(27)3)28-20-12-8-16-24(28)4/h37H,3-36H2,1-2H3;5-20H,1-4H3/q;-1/p+1. The molecule has 4 rings (SSSR count). The van der Waals surface area contributed by atoms with Crippen LogP contribution in [0.15, 0.2) is 97.1 Å². The van der Waals surface area contributed by atoms with Crippen LogP contribution < -0.4 is 27.2 Å². The van der Waals surface area contributed by atoms with Crippen LogP contribution in [0.25, 0.3) is 0 Å². The molecule has 368 valence electrons. The molecule has 4 aromatic rings. The molecule has 1 nitrogen and oxygen atoms in total. The number of rotatable bonds is 38. The normalized spacial score (nSPS) is 11.5. The van der Waals surface area contributed by atoms with Crippen molar-refractivity contribution in [1.82, 2.24) is 0 Å². The Kier molecular flexibility index (Phi) is 32.8. The number of hydrogen-bond acceptors (Lipinski definition) is 0. The van der Waals surface area contributed by atoms with Crippen LogP contribution in [0.4, 0.5) is 0 Å². The average Bonchev–Trinajstić information content (AvgIpc) is 3.33. The second-order valence-corrected chi connectivity index (χ2v) is 20.8. The van der Waals surface area contributed by atoms with Gasteiger partial charge in [-0.15, -0.1) is 0 Å². The lowest BCUT2D eigenvalue weighted by atomic mass is 9.11. The van der Waals surface area contributed by atoms with Crippen molar-refractivity contribution in [2.75, 3.05) is 13.1 Å². The Balaban J connectivity index is 0.000000358. The van der Waals surface area contributed by atoms with Crippen molar-refractivity contribution in [2.24, 2.45) is 0 Å². The van der Waals surface area contributed by atoms with E-state index < -0.39 is 6.15 Å². The summed E-state index contributed by atoms with van der Waals surface area (Å²) < 4.78 is 0. The average molecular weight is 898 g/mol. The van der Waals surface area contributed by atoms with Gasteiger partial charge >= 0.3 is 0 Å². The molecule has 0 unspecified atom stereocenters. The minimum absolute atomic E-state index is 1.32. The highest BCUT2D eigenvalue weighted by molar-refractivity contribution is 7.20. The van der Waals surface area contributed by atoms with E-state index in [1.807, 2.05) is 0 Å². The highest BCUT2D eigenvalue weighted by Crippen LogP contribution is 2.18. The number of benzene rings is 4. The van der Waals surface area contributed by atoms with Gasteiger partial charge in [-0.05, 0) is 53.4 Å². The Morgan fingerprint density at radius 1 is 0.258 bits per heavy atom. The first-order valence-corrected chi connectivity index (χ1v) is 28.7. The highest BCUT2D eigenvalue weighted by atomic mass is 14.8. The van der Waals surface area contributed by atoms with Crippen LogP contribution in [0.2, 0.25) is 0 Å². The largest absolute Gasteiger partial charge is 0.346 e. The fourth-order valence-electron chi connectivity index (χ4n) is 11.1. The molecular weight excluding hydrogens is 794 g/mol. The summed E-state index contributed by atoms with van der Waals surface area (Å²) in [4.78, 5) is 0. The van der Waals surface area contributed by atoms with Gasteiger partial charge in [0, 0.05) is 0 Å². The lowest BCUT2D eigenvalue weighted by Crippen LogP contribution is -2.84. The van der Waals surface area contributed by atoms with E-state index in [4.69, 9.17) is 0 Å². The van der Waals surface area contributed by atoms with Crippen LogP contribution in [0, 0.1) is 27.7 Å². The van der Waals surface area contributed by atoms with Crippen molar-refractivity contribution >= 4 is 28.0 Å². The second-order valence-electron chi connectivity index (χ2n) is 20.8. The van der Waals surface area contributed by atoms with Crippen LogP contribution in [0.5, 0.6) is 0 Å². The SMILES string of the molecule is CCCCCCCCCCCCCCCCCC[NH2+]CCCCCCCCCCCCCCCCCC.Cc1ccccc1[B-](c1ccccc1C)(c1ccccc1C)c1ccccc1C. The summed E-state index contributed by atoms with van der Waals surface area (Å²) in [6.45, 7) is 16.4. The molecule has 0 saturated heterocycles. The van der Waals surface area contributed by atoms with E-state index in [1.54, 1.807) is 0 Å². The number of hydrogen-bond donors (Lipinski definition) is 1. The Bertz CT molecular complexity index is 1520. The molecule has 0 bridgehead atoms. The molecule has 4 aromatic carbocycles. The van der Waals surface area contributed by atoms with Crippen molar-refractivity contribution < 1.29 is 5.32 Å². The van der Waals surface area contributed by atoms with E-state index in [0.29, 0.717) is 0 Å².